The minimum atomic E-state index is -0.235. The molecule has 0 radical (unpaired) electrons. The van der Waals surface area contributed by atoms with Crippen LogP contribution in [-0.4, -0.2) is 35.7 Å². The first-order chi connectivity index (χ1) is 7.97. The van der Waals surface area contributed by atoms with Crippen LogP contribution in [0.1, 0.15) is 46.5 Å². The molecule has 0 aromatic rings. The molecule has 1 saturated carbocycles. The summed E-state index contributed by atoms with van der Waals surface area (Å²) >= 11 is 0. The molecule has 0 aromatic heterocycles. The molecule has 0 atom stereocenters. The lowest BCUT2D eigenvalue weighted by atomic mass is 9.77. The summed E-state index contributed by atoms with van der Waals surface area (Å²) in [5.74, 6) is 0.743. The Labute approximate surface area is 104 Å². The van der Waals surface area contributed by atoms with Gasteiger partial charge in [-0.25, -0.2) is 0 Å². The van der Waals surface area contributed by atoms with Gasteiger partial charge in [0.05, 0.1) is 13.2 Å². The third kappa shape index (κ3) is 4.64. The van der Waals surface area contributed by atoms with Crippen molar-refractivity contribution in [2.24, 2.45) is 5.92 Å². The second kappa shape index (κ2) is 6.36. The highest BCUT2D eigenvalue weighted by atomic mass is 16.3. The van der Waals surface area contributed by atoms with E-state index in [1.54, 1.807) is 0 Å². The van der Waals surface area contributed by atoms with Crippen LogP contribution in [0, 0.1) is 5.92 Å². The Balaban J connectivity index is 2.39. The van der Waals surface area contributed by atoms with Crippen LogP contribution in [0.5, 0.6) is 0 Å². The lowest BCUT2D eigenvalue weighted by Gasteiger charge is -2.38. The zero-order valence-electron chi connectivity index (χ0n) is 11.3. The summed E-state index contributed by atoms with van der Waals surface area (Å²) in [7, 11) is 0. The van der Waals surface area contributed by atoms with Crippen molar-refractivity contribution in [3.05, 3.63) is 0 Å². The molecule has 0 spiro atoms. The lowest BCUT2D eigenvalue weighted by Crippen LogP contribution is -2.54. The van der Waals surface area contributed by atoms with Crippen molar-refractivity contribution in [1.82, 2.24) is 10.6 Å². The molecule has 17 heavy (non-hydrogen) atoms. The maximum absolute atomic E-state index is 11.6. The van der Waals surface area contributed by atoms with E-state index in [-0.39, 0.29) is 24.1 Å². The predicted octanol–water partition coefficient (Wildman–Crippen LogP) is 1.04. The summed E-state index contributed by atoms with van der Waals surface area (Å²) < 4.78 is 0. The molecule has 0 saturated heterocycles. The number of aliphatic hydroxyl groups excluding tert-OH is 1. The van der Waals surface area contributed by atoms with Crippen LogP contribution in [-0.2, 0) is 4.79 Å². The number of hydrogen-bond acceptors (Lipinski definition) is 3. The van der Waals surface area contributed by atoms with E-state index in [9.17, 15) is 9.90 Å². The average molecular weight is 242 g/mol. The van der Waals surface area contributed by atoms with E-state index in [4.69, 9.17) is 0 Å². The molecule has 1 aliphatic carbocycles. The maximum Gasteiger partial charge on any atom is 0.234 e. The quantitative estimate of drug-likeness (QED) is 0.675. The fraction of sp³-hybridized carbons (Fsp3) is 0.923. The van der Waals surface area contributed by atoms with Crippen molar-refractivity contribution in [1.29, 1.82) is 0 Å². The highest BCUT2D eigenvalue weighted by Gasteiger charge is 2.33. The molecule has 1 rings (SSSR count). The molecule has 3 N–H and O–H groups in total. The number of carbonyl (C=O) groups is 1. The first-order valence-corrected chi connectivity index (χ1v) is 6.63. The Morgan fingerprint density at radius 1 is 1.41 bits per heavy atom. The third-order valence-electron chi connectivity index (χ3n) is 3.61. The molecular weight excluding hydrogens is 216 g/mol. The molecule has 1 fully saturated rings. The minimum Gasteiger partial charge on any atom is -0.394 e. The van der Waals surface area contributed by atoms with Gasteiger partial charge in [-0.05, 0) is 45.4 Å². The standard InChI is InChI=1S/C13H26N2O2/c1-10(2)15-12(17)8-14-13(9-16)6-4-11(3)5-7-13/h10-11,14,16H,4-9H2,1-3H3,(H,15,17). The van der Waals surface area contributed by atoms with Gasteiger partial charge >= 0.3 is 0 Å². The van der Waals surface area contributed by atoms with E-state index < -0.39 is 0 Å². The number of nitrogens with one attached hydrogen (secondary N) is 2. The van der Waals surface area contributed by atoms with Gasteiger partial charge in [0.15, 0.2) is 0 Å². The second-order valence-corrected chi connectivity index (χ2v) is 5.70. The SMILES string of the molecule is CC1CCC(CO)(NCC(=O)NC(C)C)CC1. The number of carbonyl (C=O) groups excluding carboxylic acids is 1. The second-order valence-electron chi connectivity index (χ2n) is 5.70. The van der Waals surface area contributed by atoms with Crippen molar-refractivity contribution in [3.63, 3.8) is 0 Å². The predicted molar refractivity (Wildman–Crippen MR) is 68.7 cm³/mol. The van der Waals surface area contributed by atoms with Gasteiger partial charge in [-0.2, -0.15) is 0 Å². The number of amides is 1. The van der Waals surface area contributed by atoms with E-state index in [1.165, 1.54) is 0 Å². The Morgan fingerprint density at radius 2 is 2.00 bits per heavy atom. The van der Waals surface area contributed by atoms with Crippen molar-refractivity contribution in [2.45, 2.75) is 58.0 Å². The van der Waals surface area contributed by atoms with E-state index >= 15 is 0 Å². The Bertz CT molecular complexity index is 246. The van der Waals surface area contributed by atoms with Gasteiger partial charge in [0, 0.05) is 11.6 Å². The Hall–Kier alpha value is -0.610. The fourth-order valence-corrected chi connectivity index (χ4v) is 2.35. The van der Waals surface area contributed by atoms with E-state index in [1.807, 2.05) is 13.8 Å². The smallest absolute Gasteiger partial charge is 0.234 e. The average Bonchev–Trinajstić information content (AvgIpc) is 2.28. The first-order valence-electron chi connectivity index (χ1n) is 6.63. The summed E-state index contributed by atoms with van der Waals surface area (Å²) in [6.07, 6.45) is 4.16. The van der Waals surface area contributed by atoms with Crippen molar-refractivity contribution >= 4 is 5.91 Å². The van der Waals surface area contributed by atoms with Gasteiger partial charge in [-0.3, -0.25) is 4.79 Å². The van der Waals surface area contributed by atoms with Crippen LogP contribution in [0.15, 0.2) is 0 Å². The van der Waals surface area contributed by atoms with Crippen molar-refractivity contribution < 1.29 is 9.90 Å². The normalized spacial score (nSPS) is 29.4. The molecule has 0 aromatic carbocycles. The summed E-state index contributed by atoms with van der Waals surface area (Å²) in [4.78, 5) is 11.6. The summed E-state index contributed by atoms with van der Waals surface area (Å²) in [5.41, 5.74) is -0.235. The number of aliphatic hydroxyl groups is 1. The van der Waals surface area contributed by atoms with Crippen LogP contribution < -0.4 is 10.6 Å². The fourth-order valence-electron chi connectivity index (χ4n) is 2.35. The molecule has 0 aliphatic heterocycles. The molecule has 0 bridgehead atoms. The zero-order chi connectivity index (χ0) is 12.9. The molecular formula is C13H26N2O2. The maximum atomic E-state index is 11.6. The van der Waals surface area contributed by atoms with E-state index in [0.717, 1.165) is 31.6 Å². The van der Waals surface area contributed by atoms with Crippen molar-refractivity contribution in [3.8, 4) is 0 Å². The lowest BCUT2D eigenvalue weighted by molar-refractivity contribution is -0.121. The Kier molecular flexibility index (Phi) is 5.40. The molecule has 1 amide bonds. The number of hydrogen-bond donors (Lipinski definition) is 3. The molecule has 0 heterocycles. The molecule has 1 aliphatic rings. The summed E-state index contributed by atoms with van der Waals surface area (Å²) in [5, 5.41) is 15.6. The van der Waals surface area contributed by atoms with Crippen LogP contribution in [0.25, 0.3) is 0 Å². The summed E-state index contributed by atoms with van der Waals surface area (Å²) in [6, 6.07) is 0.167. The summed E-state index contributed by atoms with van der Waals surface area (Å²) in [6.45, 7) is 6.55. The molecule has 0 unspecified atom stereocenters. The van der Waals surface area contributed by atoms with Gasteiger partial charge in [0.25, 0.3) is 0 Å². The number of rotatable bonds is 5. The van der Waals surface area contributed by atoms with Gasteiger partial charge in [-0.1, -0.05) is 6.92 Å². The molecule has 4 nitrogen and oxygen atoms in total. The molecule has 4 heteroatoms. The zero-order valence-corrected chi connectivity index (χ0v) is 11.3. The van der Waals surface area contributed by atoms with Gasteiger partial charge in [0.1, 0.15) is 0 Å². The topological polar surface area (TPSA) is 61.4 Å². The largest absolute Gasteiger partial charge is 0.394 e. The highest BCUT2D eigenvalue weighted by molar-refractivity contribution is 5.78. The van der Waals surface area contributed by atoms with Crippen LogP contribution in [0.2, 0.25) is 0 Å². The monoisotopic (exact) mass is 242 g/mol. The van der Waals surface area contributed by atoms with Crippen LogP contribution >= 0.6 is 0 Å². The van der Waals surface area contributed by atoms with Crippen LogP contribution in [0.3, 0.4) is 0 Å². The van der Waals surface area contributed by atoms with E-state index in [2.05, 4.69) is 17.6 Å². The minimum absolute atomic E-state index is 0.00597. The highest BCUT2D eigenvalue weighted by Crippen LogP contribution is 2.31. The first kappa shape index (κ1) is 14.5. The van der Waals surface area contributed by atoms with E-state index in [0.29, 0.717) is 6.54 Å². The van der Waals surface area contributed by atoms with Crippen LogP contribution in [0.4, 0.5) is 0 Å². The Morgan fingerprint density at radius 3 is 2.47 bits per heavy atom. The van der Waals surface area contributed by atoms with Gasteiger partial charge < -0.3 is 15.7 Å². The third-order valence-corrected chi connectivity index (χ3v) is 3.61. The molecule has 100 valence electrons. The van der Waals surface area contributed by atoms with Gasteiger partial charge in [-0.15, -0.1) is 0 Å². The van der Waals surface area contributed by atoms with Crippen molar-refractivity contribution in [2.75, 3.05) is 13.2 Å². The van der Waals surface area contributed by atoms with Gasteiger partial charge in [0.2, 0.25) is 5.91 Å².